The van der Waals surface area contributed by atoms with Crippen LogP contribution in [0.1, 0.15) is 25.3 Å². The monoisotopic (exact) mass is 317 g/mol. The molecular weight excluding hydrogens is 294 g/mol. The van der Waals surface area contributed by atoms with E-state index in [1.54, 1.807) is 6.07 Å². The number of para-hydroxylation sites is 1. The highest BCUT2D eigenvalue weighted by Gasteiger charge is 2.20. The Balaban J connectivity index is 1.94. The Morgan fingerprint density at radius 1 is 1.35 bits per heavy atom. The Kier molecular flexibility index (Phi) is 5.96. The molecule has 0 spiro atoms. The van der Waals surface area contributed by atoms with Gasteiger partial charge in [0.1, 0.15) is 5.75 Å². The number of piperidine rings is 1. The predicted molar refractivity (Wildman–Crippen MR) is 90.3 cm³/mol. The third kappa shape index (κ3) is 5.28. The van der Waals surface area contributed by atoms with Crippen LogP contribution in [0.25, 0.3) is 0 Å². The average Bonchev–Trinajstić information content (AvgIpc) is 2.54. The number of ether oxygens (including phenoxy) is 1. The van der Waals surface area contributed by atoms with Crippen molar-refractivity contribution in [3.8, 4) is 5.75 Å². The van der Waals surface area contributed by atoms with Gasteiger partial charge in [-0.05, 0) is 30.9 Å². The number of hydrogen-bond donors (Lipinski definition) is 2. The summed E-state index contributed by atoms with van der Waals surface area (Å²) in [5.41, 5.74) is 11.1. The van der Waals surface area contributed by atoms with Crippen LogP contribution in [0.3, 0.4) is 0 Å². The van der Waals surface area contributed by atoms with E-state index in [9.17, 15) is 4.79 Å². The second-order valence-corrected chi connectivity index (χ2v) is 5.66. The van der Waals surface area contributed by atoms with E-state index in [2.05, 4.69) is 17.1 Å². The Bertz CT molecular complexity index is 588. The largest absolute Gasteiger partial charge is 0.483 e. The fraction of sp³-hybridized carbons (Fsp3) is 0.438. The van der Waals surface area contributed by atoms with Gasteiger partial charge >= 0.3 is 0 Å². The molecular formula is C16H23N5O2. The number of amides is 1. The van der Waals surface area contributed by atoms with Crippen molar-refractivity contribution in [2.45, 2.75) is 19.8 Å². The Labute approximate surface area is 136 Å². The van der Waals surface area contributed by atoms with Crippen molar-refractivity contribution in [2.75, 3.05) is 19.7 Å². The zero-order chi connectivity index (χ0) is 16.7. The molecule has 0 unspecified atom stereocenters. The SMILES string of the molecule is CC1CCN(C(=O)COc2ccccc2C=NN=C(N)N)CC1. The number of carbonyl (C=O) groups is 1. The van der Waals surface area contributed by atoms with Gasteiger partial charge in [-0.2, -0.15) is 5.10 Å². The first-order chi connectivity index (χ1) is 11.1. The molecule has 124 valence electrons. The molecule has 1 aliphatic rings. The zero-order valence-corrected chi connectivity index (χ0v) is 13.3. The van der Waals surface area contributed by atoms with E-state index in [1.807, 2.05) is 23.1 Å². The maximum absolute atomic E-state index is 12.2. The second-order valence-electron chi connectivity index (χ2n) is 5.66. The number of carbonyl (C=O) groups excluding carboxylic acids is 1. The van der Waals surface area contributed by atoms with Crippen LogP contribution in [0, 0.1) is 5.92 Å². The number of guanidine groups is 1. The van der Waals surface area contributed by atoms with Gasteiger partial charge in [0.15, 0.2) is 6.61 Å². The number of nitrogens with zero attached hydrogens (tertiary/aromatic N) is 3. The smallest absolute Gasteiger partial charge is 0.260 e. The van der Waals surface area contributed by atoms with Crippen molar-refractivity contribution in [3.63, 3.8) is 0 Å². The molecule has 0 bridgehead atoms. The highest BCUT2D eigenvalue weighted by atomic mass is 16.5. The van der Waals surface area contributed by atoms with Crippen molar-refractivity contribution < 1.29 is 9.53 Å². The summed E-state index contributed by atoms with van der Waals surface area (Å²) in [6.07, 6.45) is 3.59. The van der Waals surface area contributed by atoms with Crippen LogP contribution in [0.15, 0.2) is 34.5 Å². The summed E-state index contributed by atoms with van der Waals surface area (Å²) < 4.78 is 5.64. The summed E-state index contributed by atoms with van der Waals surface area (Å²) in [5, 5.41) is 7.31. The molecule has 1 fully saturated rings. The number of nitrogens with two attached hydrogens (primary N) is 2. The Morgan fingerprint density at radius 2 is 2.04 bits per heavy atom. The molecule has 23 heavy (non-hydrogen) atoms. The van der Waals surface area contributed by atoms with E-state index in [4.69, 9.17) is 16.2 Å². The van der Waals surface area contributed by atoms with Gasteiger partial charge in [-0.3, -0.25) is 4.79 Å². The molecule has 2 rings (SSSR count). The molecule has 7 nitrogen and oxygen atoms in total. The van der Waals surface area contributed by atoms with Crippen molar-refractivity contribution >= 4 is 18.1 Å². The van der Waals surface area contributed by atoms with Crippen molar-refractivity contribution in [1.82, 2.24) is 4.90 Å². The quantitative estimate of drug-likeness (QED) is 0.478. The molecule has 1 aromatic rings. The first kappa shape index (κ1) is 16.8. The Morgan fingerprint density at radius 3 is 2.74 bits per heavy atom. The number of benzene rings is 1. The van der Waals surface area contributed by atoms with E-state index in [0.29, 0.717) is 17.2 Å². The van der Waals surface area contributed by atoms with Gasteiger partial charge in [-0.1, -0.05) is 19.1 Å². The predicted octanol–water partition coefficient (Wildman–Crippen LogP) is 0.931. The van der Waals surface area contributed by atoms with Gasteiger partial charge in [0.25, 0.3) is 5.91 Å². The van der Waals surface area contributed by atoms with Crippen molar-refractivity contribution in [2.24, 2.45) is 27.6 Å². The van der Waals surface area contributed by atoms with Crippen LogP contribution in [0.5, 0.6) is 5.75 Å². The van der Waals surface area contributed by atoms with E-state index >= 15 is 0 Å². The summed E-state index contributed by atoms with van der Waals surface area (Å²) >= 11 is 0. The minimum atomic E-state index is -0.117. The molecule has 0 saturated carbocycles. The molecule has 1 amide bonds. The second kappa shape index (κ2) is 8.17. The van der Waals surface area contributed by atoms with Gasteiger partial charge in [0, 0.05) is 18.7 Å². The number of likely N-dealkylation sites (tertiary alicyclic amines) is 1. The van der Waals surface area contributed by atoms with Gasteiger partial charge in [-0.15, -0.1) is 5.10 Å². The maximum Gasteiger partial charge on any atom is 0.260 e. The zero-order valence-electron chi connectivity index (χ0n) is 13.3. The molecule has 1 heterocycles. The summed E-state index contributed by atoms with van der Waals surface area (Å²) in [4.78, 5) is 14.1. The first-order valence-electron chi connectivity index (χ1n) is 7.68. The molecule has 0 aromatic heterocycles. The van der Waals surface area contributed by atoms with Crippen LogP contribution in [0.4, 0.5) is 0 Å². The summed E-state index contributed by atoms with van der Waals surface area (Å²) in [6.45, 7) is 3.83. The molecule has 1 aliphatic heterocycles. The molecule has 0 radical (unpaired) electrons. The van der Waals surface area contributed by atoms with Crippen molar-refractivity contribution in [1.29, 1.82) is 0 Å². The summed E-state index contributed by atoms with van der Waals surface area (Å²) in [7, 11) is 0. The lowest BCUT2D eigenvalue weighted by Crippen LogP contribution is -2.40. The van der Waals surface area contributed by atoms with Gasteiger partial charge < -0.3 is 21.1 Å². The van der Waals surface area contributed by atoms with E-state index < -0.39 is 0 Å². The molecule has 1 aromatic carbocycles. The molecule has 0 aliphatic carbocycles. The third-order valence-corrected chi connectivity index (χ3v) is 3.78. The van der Waals surface area contributed by atoms with E-state index in [1.165, 1.54) is 6.21 Å². The average molecular weight is 317 g/mol. The van der Waals surface area contributed by atoms with Crippen LogP contribution in [-0.4, -0.2) is 42.7 Å². The molecule has 7 heteroatoms. The van der Waals surface area contributed by atoms with Crippen LogP contribution >= 0.6 is 0 Å². The number of hydrogen-bond acceptors (Lipinski definition) is 4. The minimum absolute atomic E-state index is 0.00728. The summed E-state index contributed by atoms with van der Waals surface area (Å²) in [5.74, 6) is 1.15. The van der Waals surface area contributed by atoms with Crippen LogP contribution < -0.4 is 16.2 Å². The molecule has 0 atom stereocenters. The summed E-state index contributed by atoms with van der Waals surface area (Å²) in [6, 6.07) is 7.27. The lowest BCUT2D eigenvalue weighted by atomic mass is 9.99. The normalized spacial score (nSPS) is 15.6. The highest BCUT2D eigenvalue weighted by molar-refractivity contribution is 5.85. The van der Waals surface area contributed by atoms with Crippen LogP contribution in [-0.2, 0) is 4.79 Å². The van der Waals surface area contributed by atoms with Gasteiger partial charge in [-0.25, -0.2) is 0 Å². The first-order valence-corrected chi connectivity index (χ1v) is 7.68. The van der Waals surface area contributed by atoms with E-state index in [0.717, 1.165) is 25.9 Å². The minimum Gasteiger partial charge on any atom is -0.483 e. The molecule has 4 N–H and O–H groups in total. The van der Waals surface area contributed by atoms with Gasteiger partial charge in [0.2, 0.25) is 5.96 Å². The molecule has 1 saturated heterocycles. The maximum atomic E-state index is 12.2. The lowest BCUT2D eigenvalue weighted by molar-refractivity contribution is -0.134. The van der Waals surface area contributed by atoms with Crippen molar-refractivity contribution in [3.05, 3.63) is 29.8 Å². The standard InChI is InChI=1S/C16H23N5O2/c1-12-6-8-21(9-7-12)15(22)11-23-14-5-3-2-4-13(14)10-19-20-16(17)18/h2-5,10,12H,6-9,11H2,1H3,(H4,17,18,20). The fourth-order valence-electron chi connectivity index (χ4n) is 2.37. The highest BCUT2D eigenvalue weighted by Crippen LogP contribution is 2.18. The third-order valence-electron chi connectivity index (χ3n) is 3.78. The van der Waals surface area contributed by atoms with Crippen LogP contribution in [0.2, 0.25) is 0 Å². The fourth-order valence-corrected chi connectivity index (χ4v) is 2.37. The lowest BCUT2D eigenvalue weighted by Gasteiger charge is -2.30. The van der Waals surface area contributed by atoms with Gasteiger partial charge in [0.05, 0.1) is 6.21 Å². The topological polar surface area (TPSA) is 106 Å². The number of rotatable bonds is 5. The Hall–Kier alpha value is -2.57. The van der Waals surface area contributed by atoms with E-state index in [-0.39, 0.29) is 18.5 Å².